The number of piperazine rings is 1. The molecule has 2 aliphatic rings. The van der Waals surface area contributed by atoms with Gasteiger partial charge in [0.1, 0.15) is 5.82 Å². The minimum atomic E-state index is 0.785. The fourth-order valence-electron chi connectivity index (χ4n) is 2.87. The van der Waals surface area contributed by atoms with Crippen LogP contribution in [-0.2, 0) is 6.54 Å². The lowest BCUT2D eigenvalue weighted by atomic mass is 10.1. The number of nitrogens with one attached hydrogen (secondary N) is 1. The Kier molecular flexibility index (Phi) is 3.16. The molecule has 1 unspecified atom stereocenters. The first-order chi connectivity index (χ1) is 8.34. The van der Waals surface area contributed by atoms with E-state index in [0.29, 0.717) is 0 Å². The first-order valence-corrected chi connectivity index (χ1v) is 6.77. The van der Waals surface area contributed by atoms with Crippen LogP contribution in [0.15, 0.2) is 12.4 Å². The number of rotatable bonds is 4. The molecule has 1 atom stereocenters. The highest BCUT2D eigenvalue weighted by molar-refractivity contribution is 4.93. The molecule has 1 aromatic rings. The van der Waals surface area contributed by atoms with Crippen LogP contribution in [-0.4, -0.2) is 46.7 Å². The molecular weight excluding hydrogens is 212 g/mol. The monoisotopic (exact) mass is 234 g/mol. The fourth-order valence-corrected chi connectivity index (χ4v) is 2.87. The van der Waals surface area contributed by atoms with E-state index in [1.807, 2.05) is 6.20 Å². The van der Waals surface area contributed by atoms with Gasteiger partial charge in [-0.2, -0.15) is 0 Å². The van der Waals surface area contributed by atoms with E-state index < -0.39 is 0 Å². The molecule has 2 fully saturated rings. The molecule has 1 saturated carbocycles. The molecule has 1 N–H and O–H groups in total. The van der Waals surface area contributed by atoms with E-state index in [-0.39, 0.29) is 0 Å². The molecule has 1 saturated heterocycles. The Hall–Kier alpha value is -0.870. The van der Waals surface area contributed by atoms with E-state index in [0.717, 1.165) is 30.9 Å². The highest BCUT2D eigenvalue weighted by atomic mass is 15.2. The second-order valence-corrected chi connectivity index (χ2v) is 5.31. The third-order valence-corrected chi connectivity index (χ3v) is 4.12. The summed E-state index contributed by atoms with van der Waals surface area (Å²) >= 11 is 0. The van der Waals surface area contributed by atoms with Crippen molar-refractivity contribution in [3.8, 4) is 0 Å². The largest absolute Gasteiger partial charge is 0.334 e. The molecule has 0 aromatic carbocycles. The Labute approximate surface area is 103 Å². The lowest BCUT2D eigenvalue weighted by Gasteiger charge is -2.36. The van der Waals surface area contributed by atoms with Gasteiger partial charge in [0.05, 0.1) is 0 Å². The minimum absolute atomic E-state index is 0.785. The maximum atomic E-state index is 4.28. The topological polar surface area (TPSA) is 33.1 Å². The van der Waals surface area contributed by atoms with E-state index in [9.17, 15) is 0 Å². The van der Waals surface area contributed by atoms with Crippen LogP contribution in [0.25, 0.3) is 0 Å². The molecule has 1 aromatic heterocycles. The lowest BCUT2D eigenvalue weighted by Crippen LogP contribution is -2.53. The second-order valence-electron chi connectivity index (χ2n) is 5.31. The average Bonchev–Trinajstić information content (AvgIpc) is 3.11. The van der Waals surface area contributed by atoms with Gasteiger partial charge < -0.3 is 9.88 Å². The average molecular weight is 234 g/mol. The predicted octanol–water partition coefficient (Wildman–Crippen LogP) is 0.875. The molecule has 0 amide bonds. The van der Waals surface area contributed by atoms with Crippen LogP contribution in [0.4, 0.5) is 0 Å². The first kappa shape index (κ1) is 11.2. The van der Waals surface area contributed by atoms with E-state index in [4.69, 9.17) is 0 Å². The van der Waals surface area contributed by atoms with Gasteiger partial charge in [0.2, 0.25) is 0 Å². The van der Waals surface area contributed by atoms with Crippen molar-refractivity contribution in [1.29, 1.82) is 0 Å². The summed E-state index contributed by atoms with van der Waals surface area (Å²) in [7, 11) is 0. The van der Waals surface area contributed by atoms with Crippen molar-refractivity contribution < 1.29 is 0 Å². The Morgan fingerprint density at radius 1 is 1.41 bits per heavy atom. The van der Waals surface area contributed by atoms with Crippen LogP contribution in [0.2, 0.25) is 0 Å². The molecule has 3 rings (SSSR count). The predicted molar refractivity (Wildman–Crippen MR) is 67.9 cm³/mol. The Morgan fingerprint density at radius 3 is 3.00 bits per heavy atom. The zero-order valence-electron chi connectivity index (χ0n) is 10.6. The van der Waals surface area contributed by atoms with Gasteiger partial charge in [-0.05, 0) is 25.7 Å². The van der Waals surface area contributed by atoms with Gasteiger partial charge in [-0.3, -0.25) is 4.90 Å². The minimum Gasteiger partial charge on any atom is -0.334 e. The third kappa shape index (κ3) is 2.53. The van der Waals surface area contributed by atoms with Gasteiger partial charge in [0, 0.05) is 51.2 Å². The number of imidazole rings is 1. The van der Waals surface area contributed by atoms with Crippen LogP contribution in [0.1, 0.15) is 18.7 Å². The Balaban J connectivity index is 1.57. The summed E-state index contributed by atoms with van der Waals surface area (Å²) in [5.74, 6) is 2.09. The van der Waals surface area contributed by atoms with Crippen molar-refractivity contribution in [3.05, 3.63) is 18.2 Å². The van der Waals surface area contributed by atoms with E-state index in [1.54, 1.807) is 0 Å². The summed E-state index contributed by atoms with van der Waals surface area (Å²) in [6, 6.07) is 0.785. The van der Waals surface area contributed by atoms with Gasteiger partial charge >= 0.3 is 0 Å². The van der Waals surface area contributed by atoms with Crippen molar-refractivity contribution in [1.82, 2.24) is 19.8 Å². The highest BCUT2D eigenvalue weighted by Crippen LogP contribution is 2.35. The summed E-state index contributed by atoms with van der Waals surface area (Å²) in [5.41, 5.74) is 0. The van der Waals surface area contributed by atoms with Crippen LogP contribution in [0.5, 0.6) is 0 Å². The van der Waals surface area contributed by atoms with Gasteiger partial charge in [0.25, 0.3) is 0 Å². The molecule has 1 aliphatic carbocycles. The van der Waals surface area contributed by atoms with Crippen LogP contribution >= 0.6 is 0 Å². The normalized spacial score (nSPS) is 26.3. The molecule has 2 heterocycles. The molecule has 0 radical (unpaired) electrons. The number of hydrogen-bond acceptors (Lipinski definition) is 3. The summed E-state index contributed by atoms with van der Waals surface area (Å²) < 4.78 is 2.26. The van der Waals surface area contributed by atoms with Crippen molar-refractivity contribution in [3.63, 3.8) is 0 Å². The summed E-state index contributed by atoms with van der Waals surface area (Å²) in [6.45, 7) is 7.86. The summed E-state index contributed by atoms with van der Waals surface area (Å²) in [5, 5.41) is 3.53. The first-order valence-electron chi connectivity index (χ1n) is 6.77. The Bertz CT molecular complexity index is 369. The van der Waals surface area contributed by atoms with E-state index in [1.165, 1.54) is 32.5 Å². The molecule has 1 aliphatic heterocycles. The number of nitrogens with zero attached hydrogens (tertiary/aromatic N) is 3. The van der Waals surface area contributed by atoms with Crippen molar-refractivity contribution in [2.75, 3.05) is 26.2 Å². The maximum Gasteiger partial charge on any atom is 0.105 e. The number of aromatic nitrogens is 2. The second kappa shape index (κ2) is 4.78. The Morgan fingerprint density at radius 2 is 2.29 bits per heavy atom. The van der Waals surface area contributed by atoms with Crippen LogP contribution < -0.4 is 5.32 Å². The van der Waals surface area contributed by atoms with Gasteiger partial charge in [-0.25, -0.2) is 4.98 Å². The zero-order chi connectivity index (χ0) is 11.7. The van der Waals surface area contributed by atoms with Crippen LogP contribution in [0.3, 0.4) is 0 Å². The molecular formula is C13H22N4. The summed E-state index contributed by atoms with van der Waals surface area (Å²) in [6.07, 6.45) is 6.86. The van der Waals surface area contributed by atoms with Gasteiger partial charge in [-0.15, -0.1) is 0 Å². The molecule has 0 spiro atoms. The third-order valence-electron chi connectivity index (χ3n) is 4.12. The lowest BCUT2D eigenvalue weighted by molar-refractivity contribution is 0.138. The maximum absolute atomic E-state index is 4.28. The number of hydrogen-bond donors (Lipinski definition) is 1. The van der Waals surface area contributed by atoms with Gasteiger partial charge in [-0.1, -0.05) is 0 Å². The van der Waals surface area contributed by atoms with Crippen molar-refractivity contribution in [2.45, 2.75) is 32.4 Å². The van der Waals surface area contributed by atoms with Crippen molar-refractivity contribution in [2.24, 2.45) is 5.92 Å². The van der Waals surface area contributed by atoms with Gasteiger partial charge in [0.15, 0.2) is 0 Å². The summed E-state index contributed by atoms with van der Waals surface area (Å²) in [4.78, 5) is 6.95. The smallest absolute Gasteiger partial charge is 0.105 e. The molecule has 17 heavy (non-hydrogen) atoms. The highest BCUT2D eigenvalue weighted by Gasteiger charge is 2.36. The zero-order valence-corrected chi connectivity index (χ0v) is 10.6. The SMILES string of the molecule is Cc1nccn1CCN1CCNCC1C1CC1. The number of aryl methyl sites for hydroxylation is 1. The molecule has 4 nitrogen and oxygen atoms in total. The molecule has 4 heteroatoms. The molecule has 94 valence electrons. The van der Waals surface area contributed by atoms with E-state index >= 15 is 0 Å². The fraction of sp³-hybridized carbons (Fsp3) is 0.769. The molecule has 0 bridgehead atoms. The van der Waals surface area contributed by atoms with E-state index in [2.05, 4.69) is 32.9 Å². The quantitative estimate of drug-likeness (QED) is 0.839. The van der Waals surface area contributed by atoms with Crippen LogP contribution in [0, 0.1) is 12.8 Å². The van der Waals surface area contributed by atoms with Crippen molar-refractivity contribution >= 4 is 0 Å². The standard InChI is InChI=1S/C13H22N4/c1-11-15-5-7-16(11)8-9-17-6-4-14-10-13(17)12-2-3-12/h5,7,12-14H,2-4,6,8-10H2,1H3.